The Hall–Kier alpha value is -1.50. The van der Waals surface area contributed by atoms with Gasteiger partial charge < -0.3 is 4.98 Å². The molecule has 13 heavy (non-hydrogen) atoms. The van der Waals surface area contributed by atoms with Gasteiger partial charge in [-0.05, 0) is 31.0 Å². The van der Waals surface area contributed by atoms with Crippen LogP contribution in [0.25, 0.3) is 11.3 Å². The summed E-state index contributed by atoms with van der Waals surface area (Å²) < 4.78 is 0. The molecule has 0 fully saturated rings. The first-order valence-electron chi connectivity index (χ1n) is 4.49. The molecule has 0 saturated heterocycles. The maximum Gasteiger partial charge on any atom is 0.0485 e. The number of aromatic nitrogens is 1. The molecule has 2 aromatic rings. The molecule has 0 aliphatic carbocycles. The fourth-order valence-corrected chi connectivity index (χ4v) is 1.63. The quantitative estimate of drug-likeness (QED) is 0.677. The number of hydrogen-bond acceptors (Lipinski definition) is 0. The van der Waals surface area contributed by atoms with Crippen molar-refractivity contribution in [3.63, 3.8) is 0 Å². The van der Waals surface area contributed by atoms with Crippen LogP contribution in [0.5, 0.6) is 0 Å². The Kier molecular flexibility index (Phi) is 1.93. The standard InChI is InChI=1S/C12H13N/c1-9-8-10(2)13-12(9)11-6-4-3-5-7-11/h3-8,13H,1-2H3. The Balaban J connectivity index is 2.53. The van der Waals surface area contributed by atoms with Crippen LogP contribution in [-0.2, 0) is 0 Å². The number of benzene rings is 1. The van der Waals surface area contributed by atoms with E-state index in [1.807, 2.05) is 6.07 Å². The zero-order valence-corrected chi connectivity index (χ0v) is 7.96. The molecule has 0 atom stereocenters. The SMILES string of the molecule is Cc1cc(C)c(-c2ccccc2)[nH]1. The summed E-state index contributed by atoms with van der Waals surface area (Å²) in [6.45, 7) is 4.21. The third kappa shape index (κ3) is 1.50. The van der Waals surface area contributed by atoms with Crippen LogP contribution in [-0.4, -0.2) is 4.98 Å². The van der Waals surface area contributed by atoms with Crippen LogP contribution in [0.2, 0.25) is 0 Å². The van der Waals surface area contributed by atoms with E-state index in [-0.39, 0.29) is 0 Å². The molecule has 1 heterocycles. The van der Waals surface area contributed by atoms with Gasteiger partial charge in [-0.1, -0.05) is 30.3 Å². The summed E-state index contributed by atoms with van der Waals surface area (Å²) in [7, 11) is 0. The monoisotopic (exact) mass is 171 g/mol. The average molecular weight is 171 g/mol. The van der Waals surface area contributed by atoms with Crippen molar-refractivity contribution >= 4 is 0 Å². The summed E-state index contributed by atoms with van der Waals surface area (Å²) in [5, 5.41) is 0. The lowest BCUT2D eigenvalue weighted by Gasteiger charge is -1.98. The highest BCUT2D eigenvalue weighted by Gasteiger charge is 2.02. The van der Waals surface area contributed by atoms with Crippen molar-refractivity contribution in [2.45, 2.75) is 13.8 Å². The molecular formula is C12H13N. The Morgan fingerprint density at radius 3 is 2.23 bits per heavy atom. The van der Waals surface area contributed by atoms with E-state index in [4.69, 9.17) is 0 Å². The van der Waals surface area contributed by atoms with Crippen LogP contribution < -0.4 is 0 Å². The maximum absolute atomic E-state index is 3.36. The van der Waals surface area contributed by atoms with Gasteiger partial charge in [0.05, 0.1) is 0 Å². The van der Waals surface area contributed by atoms with E-state index in [0.29, 0.717) is 0 Å². The number of nitrogens with one attached hydrogen (secondary N) is 1. The van der Waals surface area contributed by atoms with E-state index in [1.165, 1.54) is 22.5 Å². The van der Waals surface area contributed by atoms with Crippen LogP contribution >= 0.6 is 0 Å². The van der Waals surface area contributed by atoms with Gasteiger partial charge in [-0.25, -0.2) is 0 Å². The van der Waals surface area contributed by atoms with E-state index < -0.39 is 0 Å². The van der Waals surface area contributed by atoms with Crippen molar-refractivity contribution in [3.8, 4) is 11.3 Å². The van der Waals surface area contributed by atoms with Crippen molar-refractivity contribution in [1.82, 2.24) is 4.98 Å². The third-order valence-corrected chi connectivity index (χ3v) is 2.21. The normalized spacial score (nSPS) is 10.3. The van der Waals surface area contributed by atoms with Gasteiger partial charge in [-0.15, -0.1) is 0 Å². The fourth-order valence-electron chi connectivity index (χ4n) is 1.63. The molecule has 0 unspecified atom stereocenters. The highest BCUT2D eigenvalue weighted by molar-refractivity contribution is 5.63. The predicted molar refractivity (Wildman–Crippen MR) is 55.7 cm³/mol. The minimum atomic E-state index is 1.22. The Morgan fingerprint density at radius 2 is 1.69 bits per heavy atom. The number of H-pyrrole nitrogens is 1. The molecule has 0 radical (unpaired) electrons. The Bertz CT molecular complexity index is 398. The molecule has 1 aromatic heterocycles. The van der Waals surface area contributed by atoms with Gasteiger partial charge in [0, 0.05) is 11.4 Å². The first-order chi connectivity index (χ1) is 6.27. The van der Waals surface area contributed by atoms with Crippen LogP contribution in [0.4, 0.5) is 0 Å². The lowest BCUT2D eigenvalue weighted by molar-refractivity contribution is 1.26. The summed E-state index contributed by atoms with van der Waals surface area (Å²) in [6, 6.07) is 12.6. The smallest absolute Gasteiger partial charge is 0.0485 e. The second-order valence-electron chi connectivity index (χ2n) is 3.38. The van der Waals surface area contributed by atoms with Crippen molar-refractivity contribution in [2.75, 3.05) is 0 Å². The number of rotatable bonds is 1. The van der Waals surface area contributed by atoms with Gasteiger partial charge in [0.1, 0.15) is 0 Å². The van der Waals surface area contributed by atoms with Gasteiger partial charge in [-0.2, -0.15) is 0 Å². The Labute approximate surface area is 78.4 Å². The molecule has 0 aliphatic heterocycles. The van der Waals surface area contributed by atoms with E-state index >= 15 is 0 Å². The molecule has 0 bridgehead atoms. The number of aryl methyl sites for hydroxylation is 2. The topological polar surface area (TPSA) is 15.8 Å². The van der Waals surface area contributed by atoms with Crippen LogP contribution in [0, 0.1) is 13.8 Å². The van der Waals surface area contributed by atoms with Gasteiger partial charge in [0.15, 0.2) is 0 Å². The molecule has 0 saturated carbocycles. The molecule has 0 spiro atoms. The maximum atomic E-state index is 3.36. The van der Waals surface area contributed by atoms with Gasteiger partial charge in [0.2, 0.25) is 0 Å². The van der Waals surface area contributed by atoms with E-state index in [0.717, 1.165) is 0 Å². The summed E-state index contributed by atoms with van der Waals surface area (Å²) in [5.41, 5.74) is 5.02. The highest BCUT2D eigenvalue weighted by Crippen LogP contribution is 2.22. The molecule has 1 aromatic carbocycles. The first-order valence-corrected chi connectivity index (χ1v) is 4.49. The van der Waals surface area contributed by atoms with Gasteiger partial charge >= 0.3 is 0 Å². The summed E-state index contributed by atoms with van der Waals surface area (Å²) in [5.74, 6) is 0. The van der Waals surface area contributed by atoms with E-state index in [2.05, 4.69) is 49.2 Å². The second-order valence-corrected chi connectivity index (χ2v) is 3.38. The van der Waals surface area contributed by atoms with Crippen LogP contribution in [0.1, 0.15) is 11.3 Å². The van der Waals surface area contributed by atoms with Crippen molar-refractivity contribution in [1.29, 1.82) is 0 Å². The summed E-state index contributed by atoms with van der Waals surface area (Å²) in [6.07, 6.45) is 0. The molecule has 66 valence electrons. The van der Waals surface area contributed by atoms with Crippen LogP contribution in [0.3, 0.4) is 0 Å². The fraction of sp³-hybridized carbons (Fsp3) is 0.167. The lowest BCUT2D eigenvalue weighted by atomic mass is 10.1. The van der Waals surface area contributed by atoms with Gasteiger partial charge in [-0.3, -0.25) is 0 Å². The van der Waals surface area contributed by atoms with Crippen molar-refractivity contribution in [2.24, 2.45) is 0 Å². The zero-order valence-electron chi connectivity index (χ0n) is 7.96. The molecule has 2 rings (SSSR count). The molecule has 0 amide bonds. The molecule has 1 heteroatoms. The highest BCUT2D eigenvalue weighted by atomic mass is 14.7. The summed E-state index contributed by atoms with van der Waals surface area (Å²) in [4.78, 5) is 3.36. The van der Waals surface area contributed by atoms with E-state index in [9.17, 15) is 0 Å². The minimum absolute atomic E-state index is 1.22. The molecule has 0 aliphatic rings. The first kappa shape index (κ1) is 8.11. The predicted octanol–water partition coefficient (Wildman–Crippen LogP) is 3.30. The molecule has 1 N–H and O–H groups in total. The number of hydrogen-bond donors (Lipinski definition) is 1. The van der Waals surface area contributed by atoms with Crippen molar-refractivity contribution in [3.05, 3.63) is 47.7 Å². The number of aromatic amines is 1. The molecule has 1 nitrogen and oxygen atoms in total. The second kappa shape index (κ2) is 3.09. The summed E-state index contributed by atoms with van der Waals surface area (Å²) >= 11 is 0. The van der Waals surface area contributed by atoms with Crippen LogP contribution in [0.15, 0.2) is 36.4 Å². The minimum Gasteiger partial charge on any atom is -0.358 e. The largest absolute Gasteiger partial charge is 0.358 e. The lowest BCUT2D eigenvalue weighted by Crippen LogP contribution is -1.79. The van der Waals surface area contributed by atoms with E-state index in [1.54, 1.807) is 0 Å². The van der Waals surface area contributed by atoms with Crippen molar-refractivity contribution < 1.29 is 0 Å². The van der Waals surface area contributed by atoms with Gasteiger partial charge in [0.25, 0.3) is 0 Å². The third-order valence-electron chi connectivity index (χ3n) is 2.21. The Morgan fingerprint density at radius 1 is 1.00 bits per heavy atom. The zero-order chi connectivity index (χ0) is 9.26. The average Bonchev–Trinajstić information content (AvgIpc) is 2.47. The molecular weight excluding hydrogens is 158 g/mol.